The minimum Gasteiger partial charge on any atom is -0.454 e. The van der Waals surface area contributed by atoms with Crippen LogP contribution in [-0.4, -0.2) is 10.5 Å². The fourth-order valence-electron chi connectivity index (χ4n) is 3.03. The van der Waals surface area contributed by atoms with Crippen molar-refractivity contribution in [3.63, 3.8) is 0 Å². The summed E-state index contributed by atoms with van der Waals surface area (Å²) < 4.78 is 7.73. The van der Waals surface area contributed by atoms with E-state index in [1.165, 1.54) is 5.56 Å². The highest BCUT2D eigenvalue weighted by Crippen LogP contribution is 2.30. The van der Waals surface area contributed by atoms with Crippen LogP contribution in [0.2, 0.25) is 0 Å². The molecule has 120 valence electrons. The first-order chi connectivity index (χ1) is 11.6. The highest BCUT2D eigenvalue weighted by molar-refractivity contribution is 6.07. The Morgan fingerprint density at radius 2 is 1.83 bits per heavy atom. The van der Waals surface area contributed by atoms with Crippen molar-refractivity contribution in [2.45, 2.75) is 13.5 Å². The molecule has 4 aromatic rings. The summed E-state index contributed by atoms with van der Waals surface area (Å²) in [6.07, 6.45) is 0. The fourth-order valence-corrected chi connectivity index (χ4v) is 3.03. The van der Waals surface area contributed by atoms with Crippen LogP contribution in [0, 0.1) is 6.92 Å². The molecule has 0 aliphatic carbocycles. The van der Waals surface area contributed by atoms with Crippen molar-refractivity contribution >= 4 is 28.0 Å². The van der Waals surface area contributed by atoms with Gasteiger partial charge in [-0.2, -0.15) is 0 Å². The van der Waals surface area contributed by atoms with Gasteiger partial charge < -0.3 is 14.3 Å². The molecule has 1 N–H and O–H groups in total. The van der Waals surface area contributed by atoms with Crippen molar-refractivity contribution in [3.05, 3.63) is 71.4 Å². The molecule has 0 radical (unpaired) electrons. The number of carbonyl (C=O) groups is 1. The number of aryl methyl sites for hydroxylation is 2. The van der Waals surface area contributed by atoms with Gasteiger partial charge in [0.2, 0.25) is 0 Å². The molecule has 0 aliphatic rings. The van der Waals surface area contributed by atoms with Crippen molar-refractivity contribution in [1.29, 1.82) is 0 Å². The number of hydrogen-bond donors (Lipinski definition) is 1. The van der Waals surface area contributed by atoms with Gasteiger partial charge in [-0.15, -0.1) is 0 Å². The van der Waals surface area contributed by atoms with E-state index in [1.54, 1.807) is 6.07 Å². The van der Waals surface area contributed by atoms with E-state index in [-0.39, 0.29) is 5.91 Å². The summed E-state index contributed by atoms with van der Waals surface area (Å²) in [7, 11) is 1.89. The van der Waals surface area contributed by atoms with E-state index in [0.717, 1.165) is 27.6 Å². The van der Waals surface area contributed by atoms with Gasteiger partial charge in [0.1, 0.15) is 11.3 Å². The summed E-state index contributed by atoms with van der Waals surface area (Å²) in [5.74, 6) is -0.103. The first-order valence-corrected chi connectivity index (χ1v) is 7.94. The molecule has 4 rings (SSSR count). The highest BCUT2D eigenvalue weighted by atomic mass is 16.3. The average Bonchev–Trinajstić information content (AvgIpc) is 3.11. The standard InChI is InChI=1S/C20H18N2O2/c1-13-7-9-14(10-8-13)12-21-20(23)16-11-18-19(22(16)2)15-5-3-4-6-17(15)24-18/h3-11H,12H2,1-2H3,(H,21,23). The number of nitrogens with one attached hydrogen (secondary N) is 1. The molecule has 1 amide bonds. The largest absolute Gasteiger partial charge is 0.454 e. The van der Waals surface area contributed by atoms with Crippen LogP contribution in [0.25, 0.3) is 22.1 Å². The fraction of sp³-hybridized carbons (Fsp3) is 0.150. The maximum absolute atomic E-state index is 12.5. The molecule has 2 aromatic carbocycles. The molecule has 0 saturated heterocycles. The minimum atomic E-state index is -0.103. The van der Waals surface area contributed by atoms with E-state index >= 15 is 0 Å². The third-order valence-corrected chi connectivity index (χ3v) is 4.37. The van der Waals surface area contributed by atoms with E-state index in [2.05, 4.69) is 5.32 Å². The normalized spacial score (nSPS) is 11.2. The molecule has 2 heterocycles. The molecule has 4 heteroatoms. The third-order valence-electron chi connectivity index (χ3n) is 4.37. The van der Waals surface area contributed by atoms with E-state index in [4.69, 9.17) is 4.42 Å². The number of para-hydroxylation sites is 1. The number of furan rings is 1. The molecule has 0 fully saturated rings. The van der Waals surface area contributed by atoms with Gasteiger partial charge in [0.15, 0.2) is 5.58 Å². The van der Waals surface area contributed by atoms with Crippen molar-refractivity contribution in [2.24, 2.45) is 7.05 Å². The second-order valence-corrected chi connectivity index (χ2v) is 6.07. The maximum Gasteiger partial charge on any atom is 0.268 e. The van der Waals surface area contributed by atoms with Crippen LogP contribution in [0.4, 0.5) is 0 Å². The van der Waals surface area contributed by atoms with E-state index in [1.807, 2.05) is 67.1 Å². The molecular formula is C20H18N2O2. The molecule has 2 aromatic heterocycles. The number of hydrogen-bond acceptors (Lipinski definition) is 2. The molecule has 0 bridgehead atoms. The summed E-state index contributed by atoms with van der Waals surface area (Å²) in [6.45, 7) is 2.55. The lowest BCUT2D eigenvalue weighted by molar-refractivity contribution is 0.0943. The zero-order chi connectivity index (χ0) is 16.7. The Hall–Kier alpha value is -3.01. The van der Waals surface area contributed by atoms with Crippen LogP contribution in [0.3, 0.4) is 0 Å². The molecule has 0 atom stereocenters. The SMILES string of the molecule is Cc1ccc(CNC(=O)c2cc3oc4ccccc4c3n2C)cc1. The Labute approximate surface area is 139 Å². The minimum absolute atomic E-state index is 0.103. The van der Waals surface area contributed by atoms with Crippen LogP contribution >= 0.6 is 0 Å². The van der Waals surface area contributed by atoms with Crippen LogP contribution < -0.4 is 5.32 Å². The molecule has 24 heavy (non-hydrogen) atoms. The molecule has 0 aliphatic heterocycles. The lowest BCUT2D eigenvalue weighted by Crippen LogP contribution is -2.24. The van der Waals surface area contributed by atoms with Crippen molar-refractivity contribution in [2.75, 3.05) is 0 Å². The Bertz CT molecular complexity index is 1040. The Morgan fingerprint density at radius 3 is 2.62 bits per heavy atom. The number of fused-ring (bicyclic) bond motifs is 3. The van der Waals surface area contributed by atoms with Gasteiger partial charge in [0.25, 0.3) is 5.91 Å². The third kappa shape index (κ3) is 2.36. The Balaban J connectivity index is 1.62. The van der Waals surface area contributed by atoms with Gasteiger partial charge in [-0.3, -0.25) is 4.79 Å². The average molecular weight is 318 g/mol. The molecule has 0 saturated carbocycles. The number of aromatic nitrogens is 1. The first-order valence-electron chi connectivity index (χ1n) is 7.94. The summed E-state index contributed by atoms with van der Waals surface area (Å²) in [6, 6.07) is 17.8. The van der Waals surface area contributed by atoms with Crippen LogP contribution in [-0.2, 0) is 13.6 Å². The number of amides is 1. The molecule has 4 nitrogen and oxygen atoms in total. The monoisotopic (exact) mass is 318 g/mol. The molecule has 0 unspecified atom stereocenters. The summed E-state index contributed by atoms with van der Waals surface area (Å²) in [5, 5.41) is 3.99. The smallest absolute Gasteiger partial charge is 0.268 e. The van der Waals surface area contributed by atoms with Crippen molar-refractivity contribution in [1.82, 2.24) is 9.88 Å². The second kappa shape index (κ2) is 5.57. The van der Waals surface area contributed by atoms with Gasteiger partial charge >= 0.3 is 0 Å². The Morgan fingerprint density at radius 1 is 1.08 bits per heavy atom. The van der Waals surface area contributed by atoms with Gasteiger partial charge in [0.05, 0.1) is 5.52 Å². The van der Waals surface area contributed by atoms with Crippen molar-refractivity contribution in [3.8, 4) is 0 Å². The number of rotatable bonds is 3. The summed E-state index contributed by atoms with van der Waals surface area (Å²) in [4.78, 5) is 12.5. The zero-order valence-electron chi connectivity index (χ0n) is 13.7. The summed E-state index contributed by atoms with van der Waals surface area (Å²) >= 11 is 0. The number of benzene rings is 2. The van der Waals surface area contributed by atoms with E-state index < -0.39 is 0 Å². The lowest BCUT2D eigenvalue weighted by Gasteiger charge is -2.07. The summed E-state index contributed by atoms with van der Waals surface area (Å²) in [5.41, 5.74) is 5.41. The van der Waals surface area contributed by atoms with Crippen LogP contribution in [0.15, 0.2) is 59.0 Å². The maximum atomic E-state index is 12.5. The molecular weight excluding hydrogens is 300 g/mol. The Kier molecular flexibility index (Phi) is 3.38. The molecule has 0 spiro atoms. The van der Waals surface area contributed by atoms with Gasteiger partial charge in [0, 0.05) is 25.0 Å². The van der Waals surface area contributed by atoms with Gasteiger partial charge in [-0.25, -0.2) is 0 Å². The van der Waals surface area contributed by atoms with E-state index in [9.17, 15) is 4.79 Å². The zero-order valence-corrected chi connectivity index (χ0v) is 13.7. The van der Waals surface area contributed by atoms with Gasteiger partial charge in [-0.1, -0.05) is 42.0 Å². The predicted molar refractivity (Wildman–Crippen MR) is 95.0 cm³/mol. The topological polar surface area (TPSA) is 47.2 Å². The predicted octanol–water partition coefficient (Wildman–Crippen LogP) is 4.16. The number of carbonyl (C=O) groups excluding carboxylic acids is 1. The number of nitrogens with zero attached hydrogens (tertiary/aromatic N) is 1. The first kappa shape index (κ1) is 14.6. The van der Waals surface area contributed by atoms with Gasteiger partial charge in [-0.05, 0) is 24.6 Å². The quantitative estimate of drug-likeness (QED) is 0.616. The van der Waals surface area contributed by atoms with Crippen molar-refractivity contribution < 1.29 is 9.21 Å². The second-order valence-electron chi connectivity index (χ2n) is 6.07. The van der Waals surface area contributed by atoms with Crippen LogP contribution in [0.1, 0.15) is 21.6 Å². The lowest BCUT2D eigenvalue weighted by atomic mass is 10.1. The highest BCUT2D eigenvalue weighted by Gasteiger charge is 2.18. The van der Waals surface area contributed by atoms with Crippen LogP contribution in [0.5, 0.6) is 0 Å². The van der Waals surface area contributed by atoms with E-state index in [0.29, 0.717) is 12.2 Å².